The van der Waals surface area contributed by atoms with Crippen LogP contribution in [0.25, 0.3) is 0 Å². The number of nitrogens with zero attached hydrogens (tertiary/aromatic N) is 3. The molecule has 0 aliphatic rings. The lowest BCUT2D eigenvalue weighted by molar-refractivity contribution is -0.120. The van der Waals surface area contributed by atoms with Crippen molar-refractivity contribution in [2.24, 2.45) is 10.3 Å². The molecule has 9 nitrogen and oxygen atoms in total. The second-order valence-electron chi connectivity index (χ2n) is 8.02. The van der Waals surface area contributed by atoms with Crippen LogP contribution in [0.1, 0.15) is 54.9 Å². The highest BCUT2D eigenvalue weighted by molar-refractivity contribution is 5.90. The summed E-state index contributed by atoms with van der Waals surface area (Å²) in [6.07, 6.45) is 0.477. The number of amides is 1. The Morgan fingerprint density at radius 1 is 0.857 bits per heavy atom. The van der Waals surface area contributed by atoms with E-state index in [9.17, 15) is 4.79 Å². The standard InChI is InChI=1S/C19H40N6O3/c1-8-17(26)20-9-12-25(13-10-21-18(4,5)15(2)23-27)14-11-22-19(6,7)16(3)24-28/h21-22,27-28H,8-14H2,1-7H3,(H,20,26)/b23-15+,24-16+. The summed E-state index contributed by atoms with van der Waals surface area (Å²) < 4.78 is 0. The van der Waals surface area contributed by atoms with Gasteiger partial charge in [0.05, 0.1) is 22.5 Å². The van der Waals surface area contributed by atoms with E-state index in [4.69, 9.17) is 10.4 Å². The van der Waals surface area contributed by atoms with Crippen molar-refractivity contribution in [3.8, 4) is 0 Å². The van der Waals surface area contributed by atoms with E-state index < -0.39 is 11.1 Å². The van der Waals surface area contributed by atoms with Crippen molar-refractivity contribution in [1.82, 2.24) is 20.9 Å². The van der Waals surface area contributed by atoms with Gasteiger partial charge in [-0.25, -0.2) is 0 Å². The minimum absolute atomic E-state index is 0.0445. The number of rotatable bonds is 14. The highest BCUT2D eigenvalue weighted by atomic mass is 16.4. The molecular formula is C19H40N6O3. The van der Waals surface area contributed by atoms with Gasteiger partial charge in [0.25, 0.3) is 0 Å². The van der Waals surface area contributed by atoms with Crippen LogP contribution in [0.5, 0.6) is 0 Å². The second kappa shape index (κ2) is 12.7. The number of carbonyl (C=O) groups is 1. The molecule has 0 radical (unpaired) electrons. The van der Waals surface area contributed by atoms with E-state index in [-0.39, 0.29) is 5.91 Å². The maximum absolute atomic E-state index is 11.5. The molecule has 9 heteroatoms. The summed E-state index contributed by atoms with van der Waals surface area (Å²) >= 11 is 0. The fourth-order valence-corrected chi connectivity index (χ4v) is 2.37. The van der Waals surface area contributed by atoms with Crippen LogP contribution in [0.15, 0.2) is 10.3 Å². The lowest BCUT2D eigenvalue weighted by Crippen LogP contribution is -2.51. The molecule has 164 valence electrons. The van der Waals surface area contributed by atoms with Crippen molar-refractivity contribution in [2.75, 3.05) is 39.3 Å². The number of hydrogen-bond acceptors (Lipinski definition) is 8. The normalized spacial score (nSPS) is 13.9. The minimum Gasteiger partial charge on any atom is -0.411 e. The minimum atomic E-state index is -0.397. The lowest BCUT2D eigenvalue weighted by Gasteiger charge is -2.30. The van der Waals surface area contributed by atoms with Gasteiger partial charge in [-0.1, -0.05) is 17.2 Å². The second-order valence-corrected chi connectivity index (χ2v) is 8.02. The third-order valence-corrected chi connectivity index (χ3v) is 5.17. The maximum Gasteiger partial charge on any atom is 0.219 e. The van der Waals surface area contributed by atoms with E-state index in [1.165, 1.54) is 0 Å². The summed E-state index contributed by atoms with van der Waals surface area (Å²) in [5.41, 5.74) is 0.449. The van der Waals surface area contributed by atoms with Crippen LogP contribution in [-0.2, 0) is 4.79 Å². The quantitative estimate of drug-likeness (QED) is 0.170. The van der Waals surface area contributed by atoms with Crippen LogP contribution in [0.4, 0.5) is 0 Å². The van der Waals surface area contributed by atoms with Gasteiger partial charge in [-0.05, 0) is 41.5 Å². The zero-order valence-corrected chi connectivity index (χ0v) is 18.6. The Kier molecular flexibility index (Phi) is 11.9. The number of nitrogens with one attached hydrogen (secondary N) is 3. The van der Waals surface area contributed by atoms with Crippen molar-refractivity contribution in [3.05, 3.63) is 0 Å². The highest BCUT2D eigenvalue weighted by Crippen LogP contribution is 2.06. The van der Waals surface area contributed by atoms with Crippen LogP contribution in [0.2, 0.25) is 0 Å². The molecule has 0 saturated carbocycles. The van der Waals surface area contributed by atoms with Crippen molar-refractivity contribution >= 4 is 17.3 Å². The van der Waals surface area contributed by atoms with Crippen LogP contribution in [0, 0.1) is 0 Å². The first-order chi connectivity index (χ1) is 13.0. The van der Waals surface area contributed by atoms with E-state index in [1.807, 2.05) is 34.6 Å². The summed E-state index contributed by atoms with van der Waals surface area (Å²) in [5, 5.41) is 34.2. The molecule has 1 amide bonds. The molecule has 0 unspecified atom stereocenters. The first kappa shape index (κ1) is 26.3. The van der Waals surface area contributed by atoms with Crippen LogP contribution < -0.4 is 16.0 Å². The van der Waals surface area contributed by atoms with Crippen LogP contribution in [0.3, 0.4) is 0 Å². The maximum atomic E-state index is 11.5. The fourth-order valence-electron chi connectivity index (χ4n) is 2.37. The van der Waals surface area contributed by atoms with E-state index >= 15 is 0 Å². The largest absolute Gasteiger partial charge is 0.411 e. The molecule has 5 N–H and O–H groups in total. The Labute approximate surface area is 169 Å². The molecule has 0 bridgehead atoms. The van der Waals surface area contributed by atoms with Crippen molar-refractivity contribution in [3.63, 3.8) is 0 Å². The number of hydrogen-bond donors (Lipinski definition) is 5. The van der Waals surface area contributed by atoms with Gasteiger partial charge in [0.1, 0.15) is 0 Å². The molecule has 28 heavy (non-hydrogen) atoms. The van der Waals surface area contributed by atoms with Gasteiger partial charge < -0.3 is 26.4 Å². The van der Waals surface area contributed by atoms with Crippen LogP contribution >= 0.6 is 0 Å². The molecule has 0 aromatic rings. The Bertz CT molecular complexity index is 496. The molecule has 0 aliphatic carbocycles. The lowest BCUT2D eigenvalue weighted by atomic mass is 9.99. The fraction of sp³-hybridized carbons (Fsp3) is 0.842. The molecule has 0 aromatic carbocycles. The predicted octanol–water partition coefficient (Wildman–Crippen LogP) is 1.25. The van der Waals surface area contributed by atoms with E-state index in [2.05, 4.69) is 31.2 Å². The summed E-state index contributed by atoms with van der Waals surface area (Å²) in [6, 6.07) is 0. The Morgan fingerprint density at radius 3 is 1.61 bits per heavy atom. The summed E-state index contributed by atoms with van der Waals surface area (Å²) in [7, 11) is 0. The average molecular weight is 401 g/mol. The zero-order chi connectivity index (χ0) is 21.8. The van der Waals surface area contributed by atoms with Gasteiger partial charge >= 0.3 is 0 Å². The third-order valence-electron chi connectivity index (χ3n) is 5.17. The van der Waals surface area contributed by atoms with E-state index in [0.29, 0.717) is 37.5 Å². The topological polar surface area (TPSA) is 122 Å². The monoisotopic (exact) mass is 400 g/mol. The Morgan fingerprint density at radius 2 is 1.25 bits per heavy atom. The summed E-state index contributed by atoms with van der Waals surface area (Å²) in [5.74, 6) is 0.0445. The van der Waals surface area contributed by atoms with Crippen molar-refractivity contribution < 1.29 is 15.2 Å². The molecule has 0 atom stereocenters. The van der Waals surface area contributed by atoms with E-state index in [0.717, 1.165) is 19.6 Å². The molecule has 0 aliphatic heterocycles. The third kappa shape index (κ3) is 10.0. The van der Waals surface area contributed by atoms with Gasteiger partial charge in [0.2, 0.25) is 5.91 Å². The van der Waals surface area contributed by atoms with Gasteiger partial charge in [-0.15, -0.1) is 0 Å². The molecule has 0 aromatic heterocycles. The summed E-state index contributed by atoms with van der Waals surface area (Å²) in [6.45, 7) is 17.6. The number of carbonyl (C=O) groups excluding carboxylic acids is 1. The molecule has 0 fully saturated rings. The predicted molar refractivity (Wildman–Crippen MR) is 114 cm³/mol. The highest BCUT2D eigenvalue weighted by Gasteiger charge is 2.23. The van der Waals surface area contributed by atoms with Gasteiger partial charge in [0, 0.05) is 45.7 Å². The Hall–Kier alpha value is -1.71. The SMILES string of the molecule is CCC(=O)NCCN(CCNC(C)(C)/C(C)=N/O)CCNC(C)(C)/C(C)=N/O. The number of oxime groups is 2. The van der Waals surface area contributed by atoms with Crippen molar-refractivity contribution in [1.29, 1.82) is 0 Å². The first-order valence-electron chi connectivity index (χ1n) is 9.87. The molecule has 0 saturated heterocycles. The summed E-state index contributed by atoms with van der Waals surface area (Å²) in [4.78, 5) is 13.7. The first-order valence-corrected chi connectivity index (χ1v) is 9.87. The Balaban J connectivity index is 4.67. The van der Waals surface area contributed by atoms with Crippen molar-refractivity contribution in [2.45, 2.75) is 66.0 Å². The van der Waals surface area contributed by atoms with Crippen LogP contribution in [-0.4, -0.2) is 83.0 Å². The average Bonchev–Trinajstić information content (AvgIpc) is 2.65. The van der Waals surface area contributed by atoms with E-state index in [1.54, 1.807) is 13.8 Å². The van der Waals surface area contributed by atoms with Gasteiger partial charge in [-0.3, -0.25) is 9.69 Å². The zero-order valence-electron chi connectivity index (χ0n) is 18.6. The van der Waals surface area contributed by atoms with Gasteiger partial charge in [-0.2, -0.15) is 0 Å². The smallest absolute Gasteiger partial charge is 0.219 e. The molecular weight excluding hydrogens is 360 g/mol. The molecule has 0 spiro atoms. The molecule has 0 heterocycles. The molecule has 0 rings (SSSR count). The van der Waals surface area contributed by atoms with Gasteiger partial charge in [0.15, 0.2) is 0 Å².